The number of likely N-dealkylation sites (tertiary alicyclic amines) is 1. The quantitative estimate of drug-likeness (QED) is 0.549. The van der Waals surface area contributed by atoms with Gasteiger partial charge in [0.25, 0.3) is 0 Å². The average molecular weight is 114 g/mol. The van der Waals surface area contributed by atoms with E-state index in [4.69, 9.17) is 5.73 Å². The second-order valence-corrected chi connectivity index (χ2v) is 2.31. The SMILES string of the molecule is CCN1CC[C@H]1CN. The molecule has 0 aliphatic carbocycles. The Morgan fingerprint density at radius 3 is 2.62 bits per heavy atom. The zero-order chi connectivity index (χ0) is 5.98. The topological polar surface area (TPSA) is 29.3 Å². The highest BCUT2D eigenvalue weighted by atomic mass is 15.2. The molecule has 0 unspecified atom stereocenters. The molecule has 0 aromatic carbocycles. The molecular weight excluding hydrogens is 100 g/mol. The molecule has 1 heterocycles. The lowest BCUT2D eigenvalue weighted by Crippen LogP contribution is -2.51. The minimum atomic E-state index is 0.708. The maximum atomic E-state index is 5.46. The first kappa shape index (κ1) is 6.05. The summed E-state index contributed by atoms with van der Waals surface area (Å²) in [7, 11) is 0. The Labute approximate surface area is 50.7 Å². The minimum absolute atomic E-state index is 0.708. The van der Waals surface area contributed by atoms with Gasteiger partial charge in [0.1, 0.15) is 0 Å². The Morgan fingerprint density at radius 2 is 2.50 bits per heavy atom. The number of likely N-dealkylation sites (N-methyl/N-ethyl adjacent to an activating group) is 1. The predicted octanol–water partition coefficient (Wildman–Crippen LogP) is 0.0393. The van der Waals surface area contributed by atoms with E-state index in [0.29, 0.717) is 6.04 Å². The van der Waals surface area contributed by atoms with Crippen molar-refractivity contribution in [2.45, 2.75) is 19.4 Å². The predicted molar refractivity (Wildman–Crippen MR) is 34.7 cm³/mol. The van der Waals surface area contributed by atoms with Gasteiger partial charge in [-0.1, -0.05) is 6.92 Å². The fourth-order valence-corrected chi connectivity index (χ4v) is 1.18. The van der Waals surface area contributed by atoms with Crippen molar-refractivity contribution in [2.24, 2.45) is 5.73 Å². The molecule has 0 bridgehead atoms. The van der Waals surface area contributed by atoms with Crippen LogP contribution in [0.25, 0.3) is 0 Å². The van der Waals surface area contributed by atoms with Gasteiger partial charge in [0.15, 0.2) is 0 Å². The van der Waals surface area contributed by atoms with Gasteiger partial charge < -0.3 is 5.73 Å². The van der Waals surface area contributed by atoms with Crippen molar-refractivity contribution >= 4 is 0 Å². The van der Waals surface area contributed by atoms with Crippen LogP contribution in [0.3, 0.4) is 0 Å². The first-order chi connectivity index (χ1) is 3.88. The van der Waals surface area contributed by atoms with Crippen LogP contribution in [0.1, 0.15) is 13.3 Å². The Bertz CT molecular complexity index is 58.9. The first-order valence-corrected chi connectivity index (χ1v) is 3.32. The smallest absolute Gasteiger partial charge is 0.0230 e. The second kappa shape index (κ2) is 2.46. The summed E-state index contributed by atoms with van der Waals surface area (Å²) < 4.78 is 0. The van der Waals surface area contributed by atoms with E-state index in [1.54, 1.807) is 0 Å². The molecule has 1 rings (SSSR count). The molecule has 0 aromatic heterocycles. The fourth-order valence-electron chi connectivity index (χ4n) is 1.18. The van der Waals surface area contributed by atoms with E-state index in [-0.39, 0.29) is 0 Å². The van der Waals surface area contributed by atoms with E-state index in [1.807, 2.05) is 0 Å². The first-order valence-electron chi connectivity index (χ1n) is 3.32. The normalized spacial score (nSPS) is 30.0. The van der Waals surface area contributed by atoms with Crippen molar-refractivity contribution in [1.29, 1.82) is 0 Å². The van der Waals surface area contributed by atoms with E-state index in [2.05, 4.69) is 11.8 Å². The van der Waals surface area contributed by atoms with Crippen LogP contribution in [0.2, 0.25) is 0 Å². The summed E-state index contributed by atoms with van der Waals surface area (Å²) in [6.07, 6.45) is 1.31. The van der Waals surface area contributed by atoms with Crippen LogP contribution in [0.4, 0.5) is 0 Å². The van der Waals surface area contributed by atoms with Crippen molar-refractivity contribution in [2.75, 3.05) is 19.6 Å². The van der Waals surface area contributed by atoms with Crippen LogP contribution in [0, 0.1) is 0 Å². The van der Waals surface area contributed by atoms with Crippen molar-refractivity contribution in [3.63, 3.8) is 0 Å². The van der Waals surface area contributed by atoms with Crippen molar-refractivity contribution in [3.05, 3.63) is 0 Å². The molecular formula is C6H14N2. The summed E-state index contributed by atoms with van der Waals surface area (Å²) in [4.78, 5) is 2.40. The third-order valence-corrected chi connectivity index (χ3v) is 1.94. The van der Waals surface area contributed by atoms with Gasteiger partial charge in [-0.15, -0.1) is 0 Å². The van der Waals surface area contributed by atoms with Gasteiger partial charge in [0, 0.05) is 19.1 Å². The molecule has 0 spiro atoms. The van der Waals surface area contributed by atoms with Crippen LogP contribution in [0.5, 0.6) is 0 Å². The fraction of sp³-hybridized carbons (Fsp3) is 1.00. The third kappa shape index (κ3) is 0.858. The van der Waals surface area contributed by atoms with Gasteiger partial charge in [-0.25, -0.2) is 0 Å². The number of hydrogen-bond acceptors (Lipinski definition) is 2. The number of nitrogens with two attached hydrogens (primary N) is 1. The van der Waals surface area contributed by atoms with E-state index < -0.39 is 0 Å². The van der Waals surface area contributed by atoms with Gasteiger partial charge in [0.05, 0.1) is 0 Å². The summed E-state index contributed by atoms with van der Waals surface area (Å²) >= 11 is 0. The maximum absolute atomic E-state index is 5.46. The molecule has 1 aliphatic heterocycles. The zero-order valence-corrected chi connectivity index (χ0v) is 5.43. The van der Waals surface area contributed by atoms with Crippen LogP contribution in [0.15, 0.2) is 0 Å². The Hall–Kier alpha value is -0.0800. The molecule has 0 radical (unpaired) electrons. The van der Waals surface area contributed by atoms with Crippen LogP contribution >= 0.6 is 0 Å². The van der Waals surface area contributed by atoms with Gasteiger partial charge in [0.2, 0.25) is 0 Å². The molecule has 0 amide bonds. The van der Waals surface area contributed by atoms with Gasteiger partial charge in [-0.05, 0) is 13.0 Å². The standard InChI is InChI=1S/C6H14N2/c1-2-8-4-3-6(8)5-7/h6H,2-5,7H2,1H3/t6-/m0/s1. The molecule has 2 heteroatoms. The molecule has 2 nitrogen and oxygen atoms in total. The Morgan fingerprint density at radius 1 is 1.75 bits per heavy atom. The van der Waals surface area contributed by atoms with Gasteiger partial charge in [-0.3, -0.25) is 4.90 Å². The summed E-state index contributed by atoms with van der Waals surface area (Å²) in [5, 5.41) is 0. The molecule has 1 saturated heterocycles. The lowest BCUT2D eigenvalue weighted by Gasteiger charge is -2.39. The molecule has 1 fully saturated rings. The van der Waals surface area contributed by atoms with E-state index in [0.717, 1.165) is 6.54 Å². The number of hydrogen-bond donors (Lipinski definition) is 1. The molecule has 1 atom stereocenters. The van der Waals surface area contributed by atoms with E-state index in [9.17, 15) is 0 Å². The Balaban J connectivity index is 2.16. The van der Waals surface area contributed by atoms with Crippen LogP contribution < -0.4 is 5.73 Å². The summed E-state index contributed by atoms with van der Waals surface area (Å²) in [5.41, 5.74) is 5.46. The average Bonchev–Trinajstić information content (AvgIpc) is 1.66. The molecule has 0 saturated carbocycles. The number of rotatable bonds is 2. The molecule has 48 valence electrons. The largest absolute Gasteiger partial charge is 0.329 e. The van der Waals surface area contributed by atoms with Gasteiger partial charge >= 0.3 is 0 Å². The highest BCUT2D eigenvalue weighted by molar-refractivity contribution is 4.81. The third-order valence-electron chi connectivity index (χ3n) is 1.94. The Kier molecular flexibility index (Phi) is 1.86. The van der Waals surface area contributed by atoms with Crippen molar-refractivity contribution in [1.82, 2.24) is 4.90 Å². The van der Waals surface area contributed by atoms with Crippen LogP contribution in [-0.2, 0) is 0 Å². The molecule has 2 N–H and O–H groups in total. The monoisotopic (exact) mass is 114 g/mol. The summed E-state index contributed by atoms with van der Waals surface area (Å²) in [6.45, 7) is 5.45. The summed E-state index contributed by atoms with van der Waals surface area (Å²) in [6, 6.07) is 0.708. The molecule has 0 aromatic rings. The second-order valence-electron chi connectivity index (χ2n) is 2.31. The van der Waals surface area contributed by atoms with Gasteiger partial charge in [-0.2, -0.15) is 0 Å². The molecule has 1 aliphatic rings. The zero-order valence-electron chi connectivity index (χ0n) is 5.43. The van der Waals surface area contributed by atoms with Crippen LogP contribution in [-0.4, -0.2) is 30.6 Å². The van der Waals surface area contributed by atoms with Crippen molar-refractivity contribution in [3.8, 4) is 0 Å². The lowest BCUT2D eigenvalue weighted by atomic mass is 10.0. The van der Waals surface area contributed by atoms with Crippen molar-refractivity contribution < 1.29 is 0 Å². The van der Waals surface area contributed by atoms with E-state index >= 15 is 0 Å². The number of nitrogens with zero attached hydrogens (tertiary/aromatic N) is 1. The molecule has 8 heavy (non-hydrogen) atoms. The summed E-state index contributed by atoms with van der Waals surface area (Å²) in [5.74, 6) is 0. The maximum Gasteiger partial charge on any atom is 0.0230 e. The van der Waals surface area contributed by atoms with E-state index in [1.165, 1.54) is 19.5 Å². The minimum Gasteiger partial charge on any atom is -0.329 e. The highest BCUT2D eigenvalue weighted by Crippen LogP contribution is 2.13. The highest BCUT2D eigenvalue weighted by Gasteiger charge is 2.23. The lowest BCUT2D eigenvalue weighted by molar-refractivity contribution is 0.104.